The fraction of sp³-hybridized carbons (Fsp3) is 0.778. The van der Waals surface area contributed by atoms with Gasteiger partial charge in [-0.05, 0) is 32.1 Å². The Kier molecular flexibility index (Phi) is 38.3. The Balaban J connectivity index is 4.09. The molecule has 326 valence electrons. The first-order valence-electron chi connectivity index (χ1n) is 22.1. The lowest BCUT2D eigenvalue weighted by Gasteiger charge is -2.18. The van der Waals surface area contributed by atoms with Gasteiger partial charge in [0.25, 0.3) is 0 Å². The number of allylic oxidation sites excluding steroid dienone is 6. The number of phosphoric ester groups is 1. The first-order chi connectivity index (χ1) is 27.1. The standard InChI is InChI=1S/C45H81O10P/c1-3-5-7-8-9-10-11-12-13-14-15-16-17-18-19-20-24-27-31-37-45(49)55-43(40-54-56(50,51)52)39-53-44(48)38-32-36-42(47)35-30-26-23-21-22-25-29-34-41(46)33-28-6-4-2/h22-23,25-26,29-30,34-35,41-43,46-47H,3-21,24,27-28,31-33,36-40H2,1-2H3,(H2,50,51,52)/b25-22-,26-23-,34-29+,35-30+/t41-,42-,43+/m0/s1. The molecule has 0 spiro atoms. The second-order valence-corrected chi connectivity index (χ2v) is 16.3. The molecule has 0 aromatic carbocycles. The van der Waals surface area contributed by atoms with Crippen molar-refractivity contribution in [3.63, 3.8) is 0 Å². The van der Waals surface area contributed by atoms with E-state index >= 15 is 0 Å². The van der Waals surface area contributed by atoms with Gasteiger partial charge >= 0.3 is 19.8 Å². The Morgan fingerprint density at radius 1 is 0.536 bits per heavy atom. The van der Waals surface area contributed by atoms with Crippen LogP contribution >= 0.6 is 7.82 Å². The van der Waals surface area contributed by atoms with E-state index in [1.54, 1.807) is 18.2 Å². The van der Waals surface area contributed by atoms with Gasteiger partial charge in [-0.25, -0.2) is 4.57 Å². The van der Waals surface area contributed by atoms with Gasteiger partial charge in [-0.1, -0.05) is 197 Å². The molecule has 3 atom stereocenters. The van der Waals surface area contributed by atoms with E-state index < -0.39 is 44.7 Å². The molecule has 10 nitrogen and oxygen atoms in total. The number of esters is 2. The number of carbonyl (C=O) groups excluding carboxylic acids is 2. The van der Waals surface area contributed by atoms with E-state index in [1.807, 2.05) is 30.4 Å². The van der Waals surface area contributed by atoms with Crippen molar-refractivity contribution in [3.8, 4) is 0 Å². The number of aliphatic hydroxyl groups is 2. The molecule has 0 amide bonds. The molecule has 0 aliphatic heterocycles. The maximum Gasteiger partial charge on any atom is 0.469 e. The Labute approximate surface area is 340 Å². The Morgan fingerprint density at radius 3 is 1.41 bits per heavy atom. The van der Waals surface area contributed by atoms with E-state index in [2.05, 4.69) is 18.4 Å². The van der Waals surface area contributed by atoms with Gasteiger partial charge in [0.15, 0.2) is 6.10 Å². The second kappa shape index (κ2) is 39.7. The largest absolute Gasteiger partial charge is 0.469 e. The van der Waals surface area contributed by atoms with Crippen LogP contribution in [0.5, 0.6) is 0 Å². The Hall–Kier alpha value is -2.07. The third-order valence-corrected chi connectivity index (χ3v) is 10.0. The van der Waals surface area contributed by atoms with Crippen LogP contribution in [0.4, 0.5) is 0 Å². The van der Waals surface area contributed by atoms with Crippen molar-refractivity contribution in [1.29, 1.82) is 0 Å². The molecule has 0 rings (SSSR count). The van der Waals surface area contributed by atoms with Crippen LogP contribution < -0.4 is 0 Å². The van der Waals surface area contributed by atoms with Gasteiger partial charge in [-0.15, -0.1) is 0 Å². The van der Waals surface area contributed by atoms with Crippen LogP contribution in [0.2, 0.25) is 0 Å². The topological polar surface area (TPSA) is 160 Å². The molecule has 0 saturated heterocycles. The fourth-order valence-electron chi connectivity index (χ4n) is 6.18. The summed E-state index contributed by atoms with van der Waals surface area (Å²) < 4.78 is 26.3. The molecule has 0 aliphatic rings. The molecule has 0 heterocycles. The number of unbranched alkanes of at least 4 members (excludes halogenated alkanes) is 20. The first-order valence-corrected chi connectivity index (χ1v) is 23.7. The zero-order chi connectivity index (χ0) is 41.4. The first kappa shape index (κ1) is 53.9. The van der Waals surface area contributed by atoms with Crippen molar-refractivity contribution in [2.24, 2.45) is 0 Å². The maximum absolute atomic E-state index is 12.4. The minimum Gasteiger partial charge on any atom is -0.462 e. The molecule has 0 fully saturated rings. The second-order valence-electron chi connectivity index (χ2n) is 15.1. The number of rotatable bonds is 40. The van der Waals surface area contributed by atoms with E-state index in [9.17, 15) is 24.4 Å². The number of carbonyl (C=O) groups is 2. The molecule has 11 heteroatoms. The summed E-state index contributed by atoms with van der Waals surface area (Å²) in [6.45, 7) is 3.41. The van der Waals surface area contributed by atoms with Gasteiger partial charge < -0.3 is 29.5 Å². The molecule has 0 aliphatic carbocycles. The summed E-state index contributed by atoms with van der Waals surface area (Å²) in [5.41, 5.74) is 0. The quantitative estimate of drug-likeness (QED) is 0.0203. The molecule has 0 aromatic heterocycles. The molecular weight excluding hydrogens is 731 g/mol. The number of ether oxygens (including phenoxy) is 2. The van der Waals surface area contributed by atoms with E-state index in [-0.39, 0.29) is 19.4 Å². The Bertz CT molecular complexity index is 1080. The van der Waals surface area contributed by atoms with E-state index in [1.165, 1.54) is 96.3 Å². The van der Waals surface area contributed by atoms with Gasteiger partial charge in [0.2, 0.25) is 0 Å². The highest BCUT2D eigenvalue weighted by atomic mass is 31.2. The van der Waals surface area contributed by atoms with Crippen LogP contribution in [-0.2, 0) is 28.2 Å². The maximum atomic E-state index is 12.4. The molecule has 4 N–H and O–H groups in total. The number of aliphatic hydroxyl groups excluding tert-OH is 2. The predicted molar refractivity (Wildman–Crippen MR) is 228 cm³/mol. The third-order valence-electron chi connectivity index (χ3n) is 9.56. The molecule has 0 unspecified atom stereocenters. The van der Waals surface area contributed by atoms with Crippen LogP contribution in [0.3, 0.4) is 0 Å². The van der Waals surface area contributed by atoms with Gasteiger partial charge in [0, 0.05) is 12.8 Å². The van der Waals surface area contributed by atoms with Gasteiger partial charge in [0.1, 0.15) is 6.61 Å². The SMILES string of the molecule is CCCCCCCCCCCCCCCCCCCCCC(=O)O[C@H](COC(=O)CCC[C@@H](O)/C=C/C=C\C/C=C\C=C\[C@@H](O)CCCCC)COP(=O)(O)O. The summed E-state index contributed by atoms with van der Waals surface area (Å²) >= 11 is 0. The normalized spacial score (nSPS) is 14.0. The summed E-state index contributed by atoms with van der Waals surface area (Å²) in [5.74, 6) is -1.11. The van der Waals surface area contributed by atoms with E-state index in [4.69, 9.17) is 19.3 Å². The van der Waals surface area contributed by atoms with Crippen molar-refractivity contribution in [2.45, 2.75) is 212 Å². The zero-order valence-electron chi connectivity index (χ0n) is 35.2. The molecule has 0 aromatic rings. The lowest BCUT2D eigenvalue weighted by Crippen LogP contribution is -2.29. The van der Waals surface area contributed by atoms with Crippen LogP contribution in [0, 0.1) is 0 Å². The summed E-state index contributed by atoms with van der Waals surface area (Å²) in [4.78, 5) is 42.9. The summed E-state index contributed by atoms with van der Waals surface area (Å²) in [5, 5.41) is 20.1. The van der Waals surface area contributed by atoms with E-state index in [0.29, 0.717) is 25.7 Å². The zero-order valence-corrected chi connectivity index (χ0v) is 36.1. The van der Waals surface area contributed by atoms with E-state index in [0.717, 1.165) is 44.9 Å². The number of hydrogen-bond acceptors (Lipinski definition) is 8. The average molecular weight is 813 g/mol. The Morgan fingerprint density at radius 2 is 0.946 bits per heavy atom. The smallest absolute Gasteiger partial charge is 0.462 e. The number of phosphoric acid groups is 1. The third kappa shape index (κ3) is 41.6. The van der Waals surface area contributed by atoms with Crippen LogP contribution in [0.1, 0.15) is 194 Å². The minimum absolute atomic E-state index is 0.0196. The van der Waals surface area contributed by atoms with Crippen molar-refractivity contribution >= 4 is 19.8 Å². The van der Waals surface area contributed by atoms with Gasteiger partial charge in [0.05, 0.1) is 18.8 Å². The summed E-state index contributed by atoms with van der Waals surface area (Å²) in [6, 6.07) is 0. The van der Waals surface area contributed by atoms with Crippen LogP contribution in [0.25, 0.3) is 0 Å². The van der Waals surface area contributed by atoms with Gasteiger partial charge in [-0.2, -0.15) is 0 Å². The van der Waals surface area contributed by atoms with Crippen LogP contribution in [0.15, 0.2) is 48.6 Å². The molecule has 0 radical (unpaired) electrons. The monoisotopic (exact) mass is 813 g/mol. The lowest BCUT2D eigenvalue weighted by atomic mass is 10.0. The fourth-order valence-corrected chi connectivity index (χ4v) is 6.54. The highest BCUT2D eigenvalue weighted by Gasteiger charge is 2.23. The highest BCUT2D eigenvalue weighted by Crippen LogP contribution is 2.36. The van der Waals surface area contributed by atoms with Crippen molar-refractivity contribution in [2.75, 3.05) is 13.2 Å². The molecule has 0 saturated carbocycles. The highest BCUT2D eigenvalue weighted by molar-refractivity contribution is 7.46. The van der Waals surface area contributed by atoms with Crippen LogP contribution in [-0.4, -0.2) is 63.5 Å². The molecular formula is C45H81O10P. The molecule has 0 bridgehead atoms. The lowest BCUT2D eigenvalue weighted by molar-refractivity contribution is -0.161. The molecule has 56 heavy (non-hydrogen) atoms. The van der Waals surface area contributed by atoms with Crippen molar-refractivity contribution in [3.05, 3.63) is 48.6 Å². The average Bonchev–Trinajstić information content (AvgIpc) is 3.15. The summed E-state index contributed by atoms with van der Waals surface area (Å²) in [7, 11) is -4.81. The van der Waals surface area contributed by atoms with Gasteiger partial charge in [-0.3, -0.25) is 14.1 Å². The minimum atomic E-state index is -4.81. The van der Waals surface area contributed by atoms with Crippen molar-refractivity contribution in [1.82, 2.24) is 0 Å². The summed E-state index contributed by atoms with van der Waals surface area (Å²) in [6.07, 6.45) is 41.9. The predicted octanol–water partition coefficient (Wildman–Crippen LogP) is 11.5. The number of hydrogen-bond donors (Lipinski definition) is 4. The van der Waals surface area contributed by atoms with Crippen molar-refractivity contribution < 1.29 is 48.2 Å².